The molecule has 6 nitrogen and oxygen atoms in total. The van der Waals surface area contributed by atoms with E-state index in [2.05, 4.69) is 5.32 Å². The van der Waals surface area contributed by atoms with E-state index in [4.69, 9.17) is 10.8 Å². The largest absolute Gasteiger partial charge is 0.480 e. The van der Waals surface area contributed by atoms with Crippen molar-refractivity contribution >= 4 is 17.6 Å². The van der Waals surface area contributed by atoms with Crippen molar-refractivity contribution in [3.05, 3.63) is 29.8 Å². The Balaban J connectivity index is 2.52. The van der Waals surface area contributed by atoms with Gasteiger partial charge in [-0.1, -0.05) is 18.2 Å². The highest BCUT2D eigenvalue weighted by molar-refractivity contribution is 5.84. The summed E-state index contributed by atoms with van der Waals surface area (Å²) in [6.45, 7) is 1.31. The number of aliphatic hydroxyl groups excluding tert-OH is 1. The number of aliphatic carboxylic acids is 1. The molecule has 104 valence electrons. The van der Waals surface area contributed by atoms with E-state index in [-0.39, 0.29) is 6.42 Å². The van der Waals surface area contributed by atoms with Crippen LogP contribution in [0.2, 0.25) is 0 Å². The molecule has 0 saturated carbocycles. The molecule has 1 rings (SSSR count). The van der Waals surface area contributed by atoms with Crippen LogP contribution in [0.5, 0.6) is 0 Å². The summed E-state index contributed by atoms with van der Waals surface area (Å²) in [5.74, 6) is -1.70. The van der Waals surface area contributed by atoms with E-state index in [9.17, 15) is 14.7 Å². The van der Waals surface area contributed by atoms with E-state index in [0.29, 0.717) is 12.1 Å². The first kappa shape index (κ1) is 15.0. The minimum atomic E-state index is -1.29. The van der Waals surface area contributed by atoms with E-state index in [0.717, 1.165) is 5.56 Å². The molecule has 0 spiro atoms. The van der Waals surface area contributed by atoms with Crippen LogP contribution in [-0.2, 0) is 16.0 Å². The van der Waals surface area contributed by atoms with Gasteiger partial charge < -0.3 is 21.3 Å². The fourth-order valence-electron chi connectivity index (χ4n) is 1.64. The molecule has 5 N–H and O–H groups in total. The van der Waals surface area contributed by atoms with E-state index < -0.39 is 24.0 Å². The maximum atomic E-state index is 11.6. The number of hydrogen-bond donors (Lipinski definition) is 4. The number of amides is 1. The van der Waals surface area contributed by atoms with Crippen molar-refractivity contribution in [2.75, 3.05) is 5.73 Å². The van der Waals surface area contributed by atoms with Crippen molar-refractivity contribution in [3.63, 3.8) is 0 Å². The molecule has 0 radical (unpaired) electrons. The van der Waals surface area contributed by atoms with Crippen molar-refractivity contribution in [2.24, 2.45) is 0 Å². The zero-order valence-electron chi connectivity index (χ0n) is 10.7. The Morgan fingerprint density at radius 3 is 2.53 bits per heavy atom. The molecule has 0 saturated heterocycles. The Morgan fingerprint density at radius 1 is 1.37 bits per heavy atom. The summed E-state index contributed by atoms with van der Waals surface area (Å²) in [5.41, 5.74) is 7.17. The van der Waals surface area contributed by atoms with Crippen molar-refractivity contribution in [1.29, 1.82) is 0 Å². The standard InChI is InChI=1S/C13H18N2O4/c1-8(16)12(13(18)19)15-11(17)7-6-9-4-2-3-5-10(9)14/h2-5,8,12,16H,6-7,14H2,1H3,(H,15,17)(H,18,19)/t8-,12+/m1/s1. The topological polar surface area (TPSA) is 113 Å². The van der Waals surface area contributed by atoms with Crippen molar-refractivity contribution in [2.45, 2.75) is 31.9 Å². The Morgan fingerprint density at radius 2 is 2.00 bits per heavy atom. The van der Waals surface area contributed by atoms with Gasteiger partial charge in [-0.3, -0.25) is 4.79 Å². The predicted octanol–water partition coefficient (Wildman–Crippen LogP) is 0.152. The second-order valence-electron chi connectivity index (χ2n) is 4.32. The molecule has 0 heterocycles. The van der Waals surface area contributed by atoms with Gasteiger partial charge in [-0.2, -0.15) is 0 Å². The Labute approximate surface area is 111 Å². The summed E-state index contributed by atoms with van der Waals surface area (Å²) in [7, 11) is 0. The number of aryl methyl sites for hydroxylation is 1. The highest BCUT2D eigenvalue weighted by Gasteiger charge is 2.24. The van der Waals surface area contributed by atoms with Crippen LogP contribution in [0.15, 0.2) is 24.3 Å². The first-order valence-corrected chi connectivity index (χ1v) is 5.95. The number of nitrogens with two attached hydrogens (primary N) is 1. The zero-order chi connectivity index (χ0) is 14.4. The van der Waals surface area contributed by atoms with Crippen LogP contribution < -0.4 is 11.1 Å². The number of benzene rings is 1. The lowest BCUT2D eigenvalue weighted by molar-refractivity contribution is -0.144. The number of nitrogen functional groups attached to an aromatic ring is 1. The average molecular weight is 266 g/mol. The van der Waals surface area contributed by atoms with Crippen LogP contribution in [0.1, 0.15) is 18.9 Å². The molecule has 1 aromatic carbocycles. The molecule has 6 heteroatoms. The smallest absolute Gasteiger partial charge is 0.328 e. The van der Waals surface area contributed by atoms with Crippen molar-refractivity contribution in [1.82, 2.24) is 5.32 Å². The Hall–Kier alpha value is -2.08. The minimum Gasteiger partial charge on any atom is -0.480 e. The number of anilines is 1. The molecule has 0 aliphatic rings. The fraction of sp³-hybridized carbons (Fsp3) is 0.385. The molecule has 0 aliphatic carbocycles. The SMILES string of the molecule is C[C@@H](O)[C@H](NC(=O)CCc1ccccc1N)C(=O)O. The molecule has 0 fully saturated rings. The highest BCUT2D eigenvalue weighted by Crippen LogP contribution is 2.12. The first-order valence-electron chi connectivity index (χ1n) is 5.95. The summed E-state index contributed by atoms with van der Waals surface area (Å²) in [5, 5.41) is 20.3. The first-order chi connectivity index (χ1) is 8.91. The van der Waals surface area contributed by atoms with Gasteiger partial charge in [-0.25, -0.2) is 4.79 Å². The molecule has 1 aromatic rings. The fourth-order valence-corrected chi connectivity index (χ4v) is 1.64. The maximum absolute atomic E-state index is 11.6. The van der Waals surface area contributed by atoms with E-state index in [1.807, 2.05) is 12.1 Å². The second kappa shape index (κ2) is 6.75. The number of rotatable bonds is 6. The normalized spacial score (nSPS) is 13.6. The quantitative estimate of drug-likeness (QED) is 0.547. The van der Waals surface area contributed by atoms with E-state index in [1.54, 1.807) is 12.1 Å². The lowest BCUT2D eigenvalue weighted by Gasteiger charge is -2.17. The summed E-state index contributed by atoms with van der Waals surface area (Å²) >= 11 is 0. The van der Waals surface area contributed by atoms with Crippen LogP contribution in [0.4, 0.5) is 5.69 Å². The highest BCUT2D eigenvalue weighted by atomic mass is 16.4. The second-order valence-corrected chi connectivity index (χ2v) is 4.32. The lowest BCUT2D eigenvalue weighted by atomic mass is 10.1. The van der Waals surface area contributed by atoms with Gasteiger partial charge in [0.05, 0.1) is 6.10 Å². The molecular formula is C13H18N2O4. The summed E-state index contributed by atoms with van der Waals surface area (Å²) in [4.78, 5) is 22.4. The summed E-state index contributed by atoms with van der Waals surface area (Å²) < 4.78 is 0. The Bertz CT molecular complexity index is 460. The number of carboxylic acid groups (broad SMARTS) is 1. The van der Waals surface area contributed by atoms with Crippen molar-refractivity contribution in [3.8, 4) is 0 Å². The van der Waals surface area contributed by atoms with E-state index in [1.165, 1.54) is 6.92 Å². The molecule has 2 atom stereocenters. The molecule has 1 amide bonds. The van der Waals surface area contributed by atoms with Gasteiger partial charge in [0.25, 0.3) is 0 Å². The van der Waals surface area contributed by atoms with Crippen LogP contribution >= 0.6 is 0 Å². The molecule has 0 aliphatic heterocycles. The maximum Gasteiger partial charge on any atom is 0.328 e. The minimum absolute atomic E-state index is 0.116. The number of carbonyl (C=O) groups excluding carboxylic acids is 1. The van der Waals surface area contributed by atoms with Crippen LogP contribution in [-0.4, -0.2) is 34.2 Å². The summed E-state index contributed by atoms with van der Waals surface area (Å²) in [6, 6.07) is 5.88. The summed E-state index contributed by atoms with van der Waals surface area (Å²) in [6.07, 6.45) is -0.613. The van der Waals surface area contributed by atoms with Gasteiger partial charge in [0, 0.05) is 12.1 Å². The monoisotopic (exact) mass is 266 g/mol. The number of aliphatic hydroxyl groups is 1. The molecule has 0 bridgehead atoms. The van der Waals surface area contributed by atoms with Crippen LogP contribution in [0.3, 0.4) is 0 Å². The third kappa shape index (κ3) is 4.59. The van der Waals surface area contributed by atoms with E-state index >= 15 is 0 Å². The van der Waals surface area contributed by atoms with Crippen molar-refractivity contribution < 1.29 is 19.8 Å². The molecular weight excluding hydrogens is 248 g/mol. The van der Waals surface area contributed by atoms with Crippen LogP contribution in [0, 0.1) is 0 Å². The van der Waals surface area contributed by atoms with Gasteiger partial charge in [0.2, 0.25) is 5.91 Å². The third-order valence-corrected chi connectivity index (χ3v) is 2.74. The number of carboxylic acids is 1. The number of carbonyl (C=O) groups is 2. The predicted molar refractivity (Wildman–Crippen MR) is 70.4 cm³/mol. The number of para-hydroxylation sites is 1. The van der Waals surface area contributed by atoms with Gasteiger partial charge in [-0.05, 0) is 25.0 Å². The Kier molecular flexibility index (Phi) is 5.32. The van der Waals surface area contributed by atoms with Crippen LogP contribution in [0.25, 0.3) is 0 Å². The third-order valence-electron chi connectivity index (χ3n) is 2.74. The molecule has 0 unspecified atom stereocenters. The van der Waals surface area contributed by atoms with Gasteiger partial charge in [0.15, 0.2) is 6.04 Å². The molecule has 19 heavy (non-hydrogen) atoms. The zero-order valence-corrected chi connectivity index (χ0v) is 10.7. The lowest BCUT2D eigenvalue weighted by Crippen LogP contribution is -2.47. The van der Waals surface area contributed by atoms with Gasteiger partial charge >= 0.3 is 5.97 Å². The number of nitrogens with one attached hydrogen (secondary N) is 1. The number of hydrogen-bond acceptors (Lipinski definition) is 4. The van der Waals surface area contributed by atoms with Gasteiger partial charge in [-0.15, -0.1) is 0 Å². The average Bonchev–Trinajstić information content (AvgIpc) is 2.34. The molecule has 0 aromatic heterocycles. The van der Waals surface area contributed by atoms with Gasteiger partial charge in [0.1, 0.15) is 0 Å².